The number of ether oxygens (including phenoxy) is 1. The Balaban J connectivity index is 2.06. The summed E-state index contributed by atoms with van der Waals surface area (Å²) in [6.45, 7) is 2.45. The molecule has 1 aliphatic heterocycles. The van der Waals surface area contributed by atoms with Crippen LogP contribution in [-0.2, 0) is 4.74 Å². The third-order valence-corrected chi connectivity index (χ3v) is 3.27. The van der Waals surface area contributed by atoms with Gasteiger partial charge >= 0.3 is 0 Å². The molecular formula is C11H12BrFN2O2. The van der Waals surface area contributed by atoms with Crippen molar-refractivity contribution in [1.82, 2.24) is 10.4 Å². The van der Waals surface area contributed by atoms with E-state index in [0.29, 0.717) is 26.3 Å². The Kier molecular flexibility index (Phi) is 4.09. The first-order chi connectivity index (χ1) is 8.18. The summed E-state index contributed by atoms with van der Waals surface area (Å²) in [6, 6.07) is 4.38. The van der Waals surface area contributed by atoms with Gasteiger partial charge in [-0.05, 0) is 28.1 Å². The predicted molar refractivity (Wildman–Crippen MR) is 64.0 cm³/mol. The lowest BCUT2D eigenvalue weighted by atomic mass is 10.2. The molecule has 1 aromatic carbocycles. The molecule has 0 atom stereocenters. The highest BCUT2D eigenvalue weighted by Gasteiger charge is 2.17. The van der Waals surface area contributed by atoms with Crippen LogP contribution in [0, 0.1) is 5.82 Å². The second-order valence-corrected chi connectivity index (χ2v) is 4.43. The topological polar surface area (TPSA) is 41.6 Å². The Bertz CT molecular complexity index is 422. The van der Waals surface area contributed by atoms with E-state index in [9.17, 15) is 9.18 Å². The summed E-state index contributed by atoms with van der Waals surface area (Å²) in [5, 5.41) is 1.77. The molecule has 1 heterocycles. The van der Waals surface area contributed by atoms with Crippen LogP contribution in [-0.4, -0.2) is 37.2 Å². The average Bonchev–Trinajstić information content (AvgIpc) is 2.34. The van der Waals surface area contributed by atoms with Gasteiger partial charge < -0.3 is 4.74 Å². The molecule has 0 aliphatic carbocycles. The van der Waals surface area contributed by atoms with Crippen molar-refractivity contribution in [2.75, 3.05) is 26.3 Å². The first-order valence-corrected chi connectivity index (χ1v) is 6.05. The van der Waals surface area contributed by atoms with Crippen molar-refractivity contribution in [2.24, 2.45) is 0 Å². The summed E-state index contributed by atoms with van der Waals surface area (Å²) in [5.41, 5.74) is 3.01. The second-order valence-electron chi connectivity index (χ2n) is 3.64. The molecule has 0 bridgehead atoms. The van der Waals surface area contributed by atoms with Gasteiger partial charge in [0, 0.05) is 13.1 Å². The zero-order valence-electron chi connectivity index (χ0n) is 9.08. The number of nitrogens with one attached hydrogen (secondary N) is 1. The lowest BCUT2D eigenvalue weighted by molar-refractivity contribution is 0.0126. The van der Waals surface area contributed by atoms with Gasteiger partial charge in [-0.3, -0.25) is 10.2 Å². The third kappa shape index (κ3) is 3.02. The Morgan fingerprint density at radius 3 is 2.82 bits per heavy atom. The molecule has 0 unspecified atom stereocenters. The van der Waals surface area contributed by atoms with Crippen molar-refractivity contribution in [3.05, 3.63) is 34.1 Å². The number of morpholine rings is 1. The number of carbonyl (C=O) groups excluding carboxylic acids is 1. The monoisotopic (exact) mass is 302 g/mol. The fourth-order valence-electron chi connectivity index (χ4n) is 1.56. The molecule has 0 aromatic heterocycles. The fraction of sp³-hybridized carbons (Fsp3) is 0.364. The van der Waals surface area contributed by atoms with Gasteiger partial charge in [0.1, 0.15) is 5.82 Å². The maximum absolute atomic E-state index is 13.3. The number of benzene rings is 1. The molecule has 1 fully saturated rings. The quantitative estimate of drug-likeness (QED) is 0.901. The summed E-state index contributed by atoms with van der Waals surface area (Å²) in [4.78, 5) is 11.9. The summed E-state index contributed by atoms with van der Waals surface area (Å²) < 4.78 is 18.6. The number of nitrogens with zero attached hydrogens (tertiary/aromatic N) is 1. The smallest absolute Gasteiger partial charge is 0.266 e. The number of rotatable bonds is 2. The molecule has 1 aromatic rings. The number of carbonyl (C=O) groups is 1. The molecule has 6 heteroatoms. The minimum absolute atomic E-state index is 0.186. The maximum Gasteiger partial charge on any atom is 0.266 e. The van der Waals surface area contributed by atoms with E-state index in [1.165, 1.54) is 12.1 Å². The normalized spacial score (nSPS) is 16.8. The van der Waals surface area contributed by atoms with E-state index in [0.717, 1.165) is 0 Å². The number of hydrogen-bond donors (Lipinski definition) is 1. The maximum atomic E-state index is 13.3. The van der Waals surface area contributed by atoms with Crippen LogP contribution in [0.25, 0.3) is 0 Å². The first kappa shape index (κ1) is 12.5. The van der Waals surface area contributed by atoms with Gasteiger partial charge in [0.2, 0.25) is 0 Å². The van der Waals surface area contributed by atoms with Crippen LogP contribution >= 0.6 is 15.9 Å². The Labute approximate surface area is 107 Å². The number of amides is 1. The molecule has 1 amide bonds. The Hall–Kier alpha value is -0.980. The van der Waals surface area contributed by atoms with Gasteiger partial charge in [0.25, 0.3) is 5.91 Å². The van der Waals surface area contributed by atoms with E-state index in [1.807, 2.05) is 0 Å². The van der Waals surface area contributed by atoms with Gasteiger partial charge in [-0.25, -0.2) is 9.40 Å². The lowest BCUT2D eigenvalue weighted by Crippen LogP contribution is -2.48. The van der Waals surface area contributed by atoms with E-state index in [-0.39, 0.29) is 15.9 Å². The number of hydrogen-bond acceptors (Lipinski definition) is 3. The molecule has 1 N–H and O–H groups in total. The van der Waals surface area contributed by atoms with Crippen LogP contribution in [0.3, 0.4) is 0 Å². The van der Waals surface area contributed by atoms with E-state index < -0.39 is 5.82 Å². The number of hydrazine groups is 1. The van der Waals surface area contributed by atoms with Crippen molar-refractivity contribution in [3.63, 3.8) is 0 Å². The highest BCUT2D eigenvalue weighted by atomic mass is 79.9. The van der Waals surface area contributed by atoms with Gasteiger partial charge in [-0.15, -0.1) is 0 Å². The van der Waals surface area contributed by atoms with Crippen LogP contribution < -0.4 is 5.43 Å². The summed E-state index contributed by atoms with van der Waals surface area (Å²) in [6.07, 6.45) is 0. The molecule has 92 valence electrons. The zero-order chi connectivity index (χ0) is 12.3. The van der Waals surface area contributed by atoms with E-state index in [2.05, 4.69) is 21.4 Å². The van der Waals surface area contributed by atoms with Crippen LogP contribution in [0.4, 0.5) is 4.39 Å². The largest absolute Gasteiger partial charge is 0.379 e. The molecule has 4 nitrogen and oxygen atoms in total. The Morgan fingerprint density at radius 1 is 1.41 bits per heavy atom. The first-order valence-electron chi connectivity index (χ1n) is 5.26. The Morgan fingerprint density at radius 2 is 2.12 bits per heavy atom. The zero-order valence-corrected chi connectivity index (χ0v) is 10.7. The summed E-state index contributed by atoms with van der Waals surface area (Å²) in [5.74, 6) is -0.766. The summed E-state index contributed by atoms with van der Waals surface area (Å²) in [7, 11) is 0. The van der Waals surface area contributed by atoms with Gasteiger partial charge in [0.05, 0.1) is 23.2 Å². The molecule has 1 saturated heterocycles. The summed E-state index contributed by atoms with van der Waals surface area (Å²) >= 11 is 3.07. The molecule has 1 aliphatic rings. The molecule has 2 rings (SSSR count). The predicted octanol–water partition coefficient (Wildman–Crippen LogP) is 1.57. The highest BCUT2D eigenvalue weighted by molar-refractivity contribution is 9.10. The van der Waals surface area contributed by atoms with Gasteiger partial charge in [-0.1, -0.05) is 6.07 Å². The van der Waals surface area contributed by atoms with Crippen molar-refractivity contribution < 1.29 is 13.9 Å². The van der Waals surface area contributed by atoms with Crippen LogP contribution in [0.15, 0.2) is 22.7 Å². The minimum atomic E-state index is -0.445. The van der Waals surface area contributed by atoms with Crippen molar-refractivity contribution in [3.8, 4) is 0 Å². The van der Waals surface area contributed by atoms with E-state index in [1.54, 1.807) is 11.1 Å². The van der Waals surface area contributed by atoms with Crippen molar-refractivity contribution in [1.29, 1.82) is 0 Å². The molecule has 0 radical (unpaired) electrons. The molecule has 17 heavy (non-hydrogen) atoms. The van der Waals surface area contributed by atoms with Crippen molar-refractivity contribution in [2.45, 2.75) is 0 Å². The fourth-order valence-corrected chi connectivity index (χ4v) is 2.00. The SMILES string of the molecule is O=C(NN1CCOCC1)c1cccc(F)c1Br. The second kappa shape index (κ2) is 5.57. The minimum Gasteiger partial charge on any atom is -0.379 e. The standard InChI is InChI=1S/C11H12BrFN2O2/c12-10-8(2-1-3-9(10)13)11(16)14-15-4-6-17-7-5-15/h1-3H,4-7H2,(H,14,16). The van der Waals surface area contributed by atoms with Crippen molar-refractivity contribution >= 4 is 21.8 Å². The molecular weight excluding hydrogens is 291 g/mol. The van der Waals surface area contributed by atoms with Gasteiger partial charge in [-0.2, -0.15) is 0 Å². The molecule has 0 saturated carbocycles. The lowest BCUT2D eigenvalue weighted by Gasteiger charge is -2.27. The van der Waals surface area contributed by atoms with Crippen LogP contribution in [0.2, 0.25) is 0 Å². The third-order valence-electron chi connectivity index (χ3n) is 2.47. The number of halogens is 2. The van der Waals surface area contributed by atoms with Crippen LogP contribution in [0.5, 0.6) is 0 Å². The molecule has 0 spiro atoms. The van der Waals surface area contributed by atoms with Gasteiger partial charge in [0.15, 0.2) is 0 Å². The van der Waals surface area contributed by atoms with E-state index >= 15 is 0 Å². The van der Waals surface area contributed by atoms with Crippen LogP contribution in [0.1, 0.15) is 10.4 Å². The highest BCUT2D eigenvalue weighted by Crippen LogP contribution is 2.20. The average molecular weight is 303 g/mol. The van der Waals surface area contributed by atoms with E-state index in [4.69, 9.17) is 4.74 Å².